The quantitative estimate of drug-likeness (QED) is 0.782. The second-order valence-electron chi connectivity index (χ2n) is 4.60. The lowest BCUT2D eigenvalue weighted by molar-refractivity contribution is -0.148. The van der Waals surface area contributed by atoms with Crippen molar-refractivity contribution in [2.24, 2.45) is 0 Å². The van der Waals surface area contributed by atoms with Crippen LogP contribution in [-0.2, 0) is 14.3 Å². The minimum atomic E-state index is -0.433. The monoisotopic (exact) mass is 265 g/mol. The summed E-state index contributed by atoms with van der Waals surface area (Å²) in [5.74, 6) is -0.952. The zero-order valence-corrected chi connectivity index (χ0v) is 10.8. The Morgan fingerprint density at radius 2 is 2.21 bits per heavy atom. The molecule has 5 heteroatoms. The van der Waals surface area contributed by atoms with E-state index >= 15 is 0 Å². The Kier molecular flexibility index (Phi) is 4.14. The average Bonchev–Trinajstić information content (AvgIpc) is 2.41. The summed E-state index contributed by atoms with van der Waals surface area (Å²) in [6, 6.07) is 6.51. The fraction of sp³-hybridized carbons (Fsp3) is 0.429. The first-order valence-electron chi connectivity index (χ1n) is 6.21. The molecule has 1 saturated heterocycles. The number of rotatable bonds is 3. The number of benzene rings is 1. The van der Waals surface area contributed by atoms with Crippen molar-refractivity contribution in [3.8, 4) is 0 Å². The van der Waals surface area contributed by atoms with Crippen LogP contribution in [0.5, 0.6) is 0 Å². The van der Waals surface area contributed by atoms with Crippen LogP contribution in [0.4, 0.5) is 4.39 Å². The summed E-state index contributed by atoms with van der Waals surface area (Å²) in [5, 5.41) is 0. The predicted molar refractivity (Wildman–Crippen MR) is 67.0 cm³/mol. The molecule has 1 amide bonds. The Morgan fingerprint density at radius 3 is 2.84 bits per heavy atom. The molecule has 1 fully saturated rings. The van der Waals surface area contributed by atoms with Gasteiger partial charge in [-0.2, -0.15) is 0 Å². The minimum Gasteiger partial charge on any atom is -0.468 e. The van der Waals surface area contributed by atoms with Crippen molar-refractivity contribution < 1.29 is 18.7 Å². The van der Waals surface area contributed by atoms with E-state index in [9.17, 15) is 14.0 Å². The highest BCUT2D eigenvalue weighted by molar-refractivity contribution is 5.83. The van der Waals surface area contributed by atoms with E-state index < -0.39 is 5.97 Å². The van der Waals surface area contributed by atoms with Crippen molar-refractivity contribution in [2.75, 3.05) is 20.2 Å². The number of nitrogens with zero attached hydrogens (tertiary/aromatic N) is 1. The van der Waals surface area contributed by atoms with Gasteiger partial charge in [0, 0.05) is 13.0 Å². The van der Waals surface area contributed by atoms with Gasteiger partial charge in [-0.1, -0.05) is 18.2 Å². The second-order valence-corrected chi connectivity index (χ2v) is 4.60. The van der Waals surface area contributed by atoms with Gasteiger partial charge in [-0.15, -0.1) is 0 Å². The molecule has 1 heterocycles. The third kappa shape index (κ3) is 3.10. The van der Waals surface area contributed by atoms with E-state index in [1.165, 1.54) is 18.1 Å². The van der Waals surface area contributed by atoms with E-state index in [2.05, 4.69) is 4.74 Å². The van der Waals surface area contributed by atoms with Crippen LogP contribution in [-0.4, -0.2) is 37.0 Å². The van der Waals surface area contributed by atoms with Crippen LogP contribution in [0.2, 0.25) is 0 Å². The molecule has 0 bridgehead atoms. The molecule has 0 spiro atoms. The summed E-state index contributed by atoms with van der Waals surface area (Å²) in [7, 11) is 1.29. The van der Waals surface area contributed by atoms with Gasteiger partial charge in [0.05, 0.1) is 7.11 Å². The van der Waals surface area contributed by atoms with E-state index in [0.717, 1.165) is 0 Å². The Labute approximate surface area is 111 Å². The van der Waals surface area contributed by atoms with Gasteiger partial charge < -0.3 is 9.64 Å². The smallest absolute Gasteiger partial charge is 0.325 e. The van der Waals surface area contributed by atoms with E-state index in [4.69, 9.17) is 0 Å². The van der Waals surface area contributed by atoms with Crippen LogP contribution in [0.25, 0.3) is 0 Å². The summed E-state index contributed by atoms with van der Waals surface area (Å²) >= 11 is 0. The number of esters is 1. The molecule has 1 aromatic carbocycles. The number of ether oxygens (including phenoxy) is 1. The SMILES string of the molecule is COC(=O)CN1CC[C@@H](c2ccccc2F)CC1=O. The maximum absolute atomic E-state index is 13.7. The second kappa shape index (κ2) is 5.82. The molecule has 0 saturated carbocycles. The van der Waals surface area contributed by atoms with Gasteiger partial charge in [-0.3, -0.25) is 9.59 Å². The van der Waals surface area contributed by atoms with Gasteiger partial charge in [0.15, 0.2) is 0 Å². The zero-order chi connectivity index (χ0) is 13.8. The first-order valence-corrected chi connectivity index (χ1v) is 6.21. The molecule has 0 N–H and O–H groups in total. The highest BCUT2D eigenvalue weighted by Crippen LogP contribution is 2.30. The number of halogens is 1. The summed E-state index contributed by atoms with van der Waals surface area (Å²) in [5.41, 5.74) is 0.577. The van der Waals surface area contributed by atoms with Gasteiger partial charge in [-0.25, -0.2) is 4.39 Å². The Morgan fingerprint density at radius 1 is 1.47 bits per heavy atom. The van der Waals surface area contributed by atoms with E-state index in [-0.39, 0.29) is 30.6 Å². The maximum Gasteiger partial charge on any atom is 0.325 e. The molecular weight excluding hydrogens is 249 g/mol. The topological polar surface area (TPSA) is 46.6 Å². The van der Waals surface area contributed by atoms with Crippen LogP contribution in [0.3, 0.4) is 0 Å². The standard InChI is InChI=1S/C14H16FNO3/c1-19-14(18)9-16-7-6-10(8-13(16)17)11-4-2-3-5-12(11)15/h2-5,10H,6-9H2,1H3/t10-/m1/s1. The molecule has 0 aromatic heterocycles. The highest BCUT2D eigenvalue weighted by Gasteiger charge is 2.29. The van der Waals surface area contributed by atoms with Crippen molar-refractivity contribution in [1.29, 1.82) is 0 Å². The lowest BCUT2D eigenvalue weighted by atomic mass is 9.88. The molecule has 102 valence electrons. The van der Waals surface area contributed by atoms with Gasteiger partial charge in [0.1, 0.15) is 12.4 Å². The summed E-state index contributed by atoms with van der Waals surface area (Å²) in [6.45, 7) is 0.423. The van der Waals surface area contributed by atoms with E-state index in [0.29, 0.717) is 18.5 Å². The average molecular weight is 265 g/mol. The molecule has 1 aromatic rings. The fourth-order valence-electron chi connectivity index (χ4n) is 2.34. The van der Waals surface area contributed by atoms with Crippen molar-refractivity contribution >= 4 is 11.9 Å². The van der Waals surface area contributed by atoms with Crippen molar-refractivity contribution in [2.45, 2.75) is 18.8 Å². The molecule has 0 aliphatic carbocycles. The highest BCUT2D eigenvalue weighted by atomic mass is 19.1. The fourth-order valence-corrected chi connectivity index (χ4v) is 2.34. The lowest BCUT2D eigenvalue weighted by Gasteiger charge is -2.31. The predicted octanol–water partition coefficient (Wildman–Crippen LogP) is 1.70. The first-order chi connectivity index (χ1) is 9.11. The number of carbonyl (C=O) groups excluding carboxylic acids is 2. The number of piperidine rings is 1. The van der Waals surface area contributed by atoms with Gasteiger partial charge in [0.25, 0.3) is 0 Å². The first kappa shape index (κ1) is 13.5. The molecule has 1 aliphatic rings. The van der Waals surface area contributed by atoms with Gasteiger partial charge >= 0.3 is 5.97 Å². The van der Waals surface area contributed by atoms with E-state index in [1.807, 2.05) is 0 Å². The Bertz CT molecular complexity index is 489. The normalized spacial score (nSPS) is 19.4. The third-order valence-corrected chi connectivity index (χ3v) is 3.41. The van der Waals surface area contributed by atoms with Gasteiger partial charge in [-0.05, 0) is 24.0 Å². The number of hydrogen-bond donors (Lipinski definition) is 0. The minimum absolute atomic E-state index is 0.0284. The molecule has 19 heavy (non-hydrogen) atoms. The van der Waals surface area contributed by atoms with Crippen LogP contribution < -0.4 is 0 Å². The largest absolute Gasteiger partial charge is 0.468 e. The molecule has 4 nitrogen and oxygen atoms in total. The maximum atomic E-state index is 13.7. The molecule has 1 atom stereocenters. The number of hydrogen-bond acceptors (Lipinski definition) is 3. The summed E-state index contributed by atoms with van der Waals surface area (Å²) < 4.78 is 18.2. The summed E-state index contributed by atoms with van der Waals surface area (Å²) in [6.07, 6.45) is 0.890. The zero-order valence-electron chi connectivity index (χ0n) is 10.8. The van der Waals surface area contributed by atoms with Crippen LogP contribution in [0, 0.1) is 5.82 Å². The Balaban J connectivity index is 2.02. The van der Waals surface area contributed by atoms with Crippen LogP contribution in [0.1, 0.15) is 24.3 Å². The Hall–Kier alpha value is -1.91. The van der Waals surface area contributed by atoms with Crippen molar-refractivity contribution in [3.05, 3.63) is 35.6 Å². The molecule has 1 aliphatic heterocycles. The lowest BCUT2D eigenvalue weighted by Crippen LogP contribution is -2.41. The van der Waals surface area contributed by atoms with Crippen molar-refractivity contribution in [3.63, 3.8) is 0 Å². The third-order valence-electron chi connectivity index (χ3n) is 3.41. The summed E-state index contributed by atoms with van der Waals surface area (Å²) in [4.78, 5) is 24.6. The number of carbonyl (C=O) groups is 2. The molecule has 2 rings (SSSR count). The van der Waals surface area contributed by atoms with Crippen LogP contribution >= 0.6 is 0 Å². The van der Waals surface area contributed by atoms with Crippen molar-refractivity contribution in [1.82, 2.24) is 4.90 Å². The molecule has 0 unspecified atom stereocenters. The van der Waals surface area contributed by atoms with Gasteiger partial charge in [0.2, 0.25) is 5.91 Å². The number of methoxy groups -OCH3 is 1. The van der Waals surface area contributed by atoms with E-state index in [1.54, 1.807) is 18.2 Å². The van der Waals surface area contributed by atoms with Crippen LogP contribution in [0.15, 0.2) is 24.3 Å². The number of likely N-dealkylation sites (tertiary alicyclic amines) is 1. The molecular formula is C14H16FNO3. The molecule has 0 radical (unpaired) electrons. The number of amides is 1.